The Bertz CT molecular complexity index is 698. The van der Waals surface area contributed by atoms with Crippen molar-refractivity contribution in [2.24, 2.45) is 0 Å². The molecule has 0 bridgehead atoms. The largest absolute Gasteiger partial charge is 0.382 e. The molecule has 1 aromatic carbocycles. The van der Waals surface area contributed by atoms with Crippen LogP contribution in [0.3, 0.4) is 0 Å². The van der Waals surface area contributed by atoms with Gasteiger partial charge in [0, 0.05) is 16.7 Å². The number of hydrogen-bond donors (Lipinski definition) is 2. The molecule has 0 saturated heterocycles. The summed E-state index contributed by atoms with van der Waals surface area (Å²) in [5, 5.41) is 9.67. The maximum atomic E-state index is 11.6. The second-order valence-electron chi connectivity index (χ2n) is 3.65. The number of nitriles is 1. The summed E-state index contributed by atoms with van der Waals surface area (Å²) in [7, 11) is 0. The third-order valence-corrected chi connectivity index (χ3v) is 2.81. The van der Waals surface area contributed by atoms with Crippen molar-refractivity contribution >= 4 is 17.4 Å². The first-order valence-corrected chi connectivity index (χ1v) is 5.39. The Morgan fingerprint density at radius 1 is 1.28 bits per heavy atom. The number of nitrogens with two attached hydrogens (primary N) is 2. The molecule has 1 heterocycles. The van der Waals surface area contributed by atoms with Crippen LogP contribution in [0.4, 0.5) is 5.82 Å². The van der Waals surface area contributed by atoms with Gasteiger partial charge in [-0.1, -0.05) is 23.7 Å². The molecule has 0 unspecified atom stereocenters. The standard InChI is InChI=1S/C12H9ClN4O/c13-8-3-1-7(2-4-8)9-5-11(18)17(16)12(15)10(9)6-14/h1-5H,15-16H2. The van der Waals surface area contributed by atoms with E-state index in [0.29, 0.717) is 16.1 Å². The monoisotopic (exact) mass is 260 g/mol. The second-order valence-corrected chi connectivity index (χ2v) is 4.08. The minimum absolute atomic E-state index is 0.0602. The first-order chi connectivity index (χ1) is 8.54. The molecule has 6 heteroatoms. The van der Waals surface area contributed by atoms with Crippen LogP contribution in [0.2, 0.25) is 5.02 Å². The summed E-state index contributed by atoms with van der Waals surface area (Å²) < 4.78 is 0.748. The van der Waals surface area contributed by atoms with E-state index in [2.05, 4.69) is 0 Å². The predicted molar refractivity (Wildman–Crippen MR) is 70.4 cm³/mol. The van der Waals surface area contributed by atoms with E-state index in [-0.39, 0.29) is 11.4 Å². The molecule has 4 N–H and O–H groups in total. The van der Waals surface area contributed by atoms with Crippen molar-refractivity contribution in [1.29, 1.82) is 5.26 Å². The average Bonchev–Trinajstić information content (AvgIpc) is 2.37. The molecule has 18 heavy (non-hydrogen) atoms. The highest BCUT2D eigenvalue weighted by Gasteiger charge is 2.13. The van der Waals surface area contributed by atoms with Gasteiger partial charge in [-0.25, -0.2) is 4.68 Å². The number of nitrogen functional groups attached to an aromatic ring is 2. The van der Waals surface area contributed by atoms with Crippen LogP contribution in [-0.2, 0) is 0 Å². The minimum Gasteiger partial charge on any atom is -0.382 e. The van der Waals surface area contributed by atoms with E-state index < -0.39 is 5.56 Å². The third kappa shape index (κ3) is 1.90. The molecule has 0 saturated carbocycles. The molecule has 0 spiro atoms. The Labute approximate surface area is 108 Å². The molecule has 0 amide bonds. The highest BCUT2D eigenvalue weighted by molar-refractivity contribution is 6.30. The fourth-order valence-corrected chi connectivity index (χ4v) is 1.74. The smallest absolute Gasteiger partial charge is 0.271 e. The number of anilines is 1. The van der Waals surface area contributed by atoms with Crippen LogP contribution >= 0.6 is 11.6 Å². The molecule has 0 radical (unpaired) electrons. The van der Waals surface area contributed by atoms with Crippen LogP contribution in [-0.4, -0.2) is 4.68 Å². The lowest BCUT2D eigenvalue weighted by Gasteiger charge is -2.09. The van der Waals surface area contributed by atoms with E-state index in [1.54, 1.807) is 24.3 Å². The molecule has 2 rings (SSSR count). The van der Waals surface area contributed by atoms with E-state index in [1.165, 1.54) is 6.07 Å². The third-order valence-electron chi connectivity index (χ3n) is 2.56. The van der Waals surface area contributed by atoms with Crippen molar-refractivity contribution in [3.63, 3.8) is 0 Å². The van der Waals surface area contributed by atoms with E-state index in [0.717, 1.165) is 4.68 Å². The van der Waals surface area contributed by atoms with Crippen LogP contribution in [0.25, 0.3) is 11.1 Å². The summed E-state index contributed by atoms with van der Waals surface area (Å²) in [5.41, 5.74) is 6.47. The van der Waals surface area contributed by atoms with Crippen molar-refractivity contribution in [1.82, 2.24) is 4.68 Å². The quantitative estimate of drug-likeness (QED) is 0.756. The topological polar surface area (TPSA) is 97.8 Å². The van der Waals surface area contributed by atoms with Gasteiger partial charge in [-0.3, -0.25) is 4.79 Å². The summed E-state index contributed by atoms with van der Waals surface area (Å²) >= 11 is 5.79. The zero-order valence-corrected chi connectivity index (χ0v) is 9.98. The zero-order chi connectivity index (χ0) is 13.3. The van der Waals surface area contributed by atoms with Gasteiger partial charge in [0.1, 0.15) is 17.5 Å². The highest BCUT2D eigenvalue weighted by atomic mass is 35.5. The van der Waals surface area contributed by atoms with Crippen LogP contribution in [0.5, 0.6) is 0 Å². The SMILES string of the molecule is N#Cc1c(-c2ccc(Cl)cc2)cc(=O)n(N)c1N. The van der Waals surface area contributed by atoms with Gasteiger partial charge < -0.3 is 11.6 Å². The molecule has 2 aromatic rings. The van der Waals surface area contributed by atoms with Crippen molar-refractivity contribution < 1.29 is 0 Å². The van der Waals surface area contributed by atoms with Gasteiger partial charge in [0.15, 0.2) is 0 Å². The van der Waals surface area contributed by atoms with E-state index >= 15 is 0 Å². The van der Waals surface area contributed by atoms with Gasteiger partial charge in [-0.05, 0) is 17.7 Å². The lowest BCUT2D eigenvalue weighted by molar-refractivity contribution is 0.949. The number of pyridine rings is 1. The maximum absolute atomic E-state index is 11.6. The Balaban J connectivity index is 2.76. The Kier molecular flexibility index (Phi) is 2.96. The molecule has 0 aliphatic carbocycles. The molecular formula is C12H9ClN4O. The van der Waals surface area contributed by atoms with Crippen molar-refractivity contribution in [2.45, 2.75) is 0 Å². The maximum Gasteiger partial charge on any atom is 0.271 e. The first-order valence-electron chi connectivity index (χ1n) is 5.01. The van der Waals surface area contributed by atoms with Gasteiger partial charge in [0.05, 0.1) is 0 Å². The summed E-state index contributed by atoms with van der Waals surface area (Å²) in [6.07, 6.45) is 0. The first kappa shape index (κ1) is 12.0. The minimum atomic E-state index is -0.476. The van der Waals surface area contributed by atoms with Gasteiger partial charge in [0.25, 0.3) is 5.56 Å². The number of rotatable bonds is 1. The van der Waals surface area contributed by atoms with Crippen molar-refractivity contribution in [3.8, 4) is 17.2 Å². The predicted octanol–water partition coefficient (Wildman–Crippen LogP) is 1.34. The molecule has 0 aliphatic heterocycles. The van der Waals surface area contributed by atoms with Gasteiger partial charge in [0.2, 0.25) is 0 Å². The Hall–Kier alpha value is -2.45. The van der Waals surface area contributed by atoms with Gasteiger partial charge in [-0.15, -0.1) is 0 Å². The average molecular weight is 261 g/mol. The van der Waals surface area contributed by atoms with E-state index in [1.807, 2.05) is 6.07 Å². The lowest BCUT2D eigenvalue weighted by atomic mass is 10.0. The van der Waals surface area contributed by atoms with Crippen LogP contribution in [0.15, 0.2) is 35.1 Å². The molecule has 0 atom stereocenters. The molecule has 0 aliphatic rings. The highest BCUT2D eigenvalue weighted by Crippen LogP contribution is 2.26. The molecule has 90 valence electrons. The molecule has 5 nitrogen and oxygen atoms in total. The normalized spacial score (nSPS) is 10.0. The van der Waals surface area contributed by atoms with E-state index in [4.69, 9.17) is 28.4 Å². The Morgan fingerprint density at radius 3 is 2.44 bits per heavy atom. The van der Waals surface area contributed by atoms with Gasteiger partial charge >= 0.3 is 0 Å². The Morgan fingerprint density at radius 2 is 1.89 bits per heavy atom. The fourth-order valence-electron chi connectivity index (χ4n) is 1.62. The summed E-state index contributed by atoms with van der Waals surface area (Å²) in [6, 6.07) is 9.97. The van der Waals surface area contributed by atoms with Crippen LogP contribution in [0, 0.1) is 11.3 Å². The zero-order valence-electron chi connectivity index (χ0n) is 9.22. The molecular weight excluding hydrogens is 252 g/mol. The van der Waals surface area contributed by atoms with Crippen LogP contribution in [0.1, 0.15) is 5.56 Å². The summed E-state index contributed by atoms with van der Waals surface area (Å²) in [6.45, 7) is 0. The van der Waals surface area contributed by atoms with Crippen LogP contribution < -0.4 is 17.1 Å². The number of halogens is 1. The number of nitrogens with zero attached hydrogens (tertiary/aromatic N) is 2. The van der Waals surface area contributed by atoms with Gasteiger partial charge in [-0.2, -0.15) is 5.26 Å². The molecule has 1 aromatic heterocycles. The molecule has 0 fully saturated rings. The summed E-state index contributed by atoms with van der Waals surface area (Å²) in [4.78, 5) is 11.6. The number of benzene rings is 1. The van der Waals surface area contributed by atoms with Crippen molar-refractivity contribution in [2.75, 3.05) is 11.6 Å². The summed E-state index contributed by atoms with van der Waals surface area (Å²) in [5.74, 6) is 5.38. The number of aromatic nitrogens is 1. The van der Waals surface area contributed by atoms with Crippen molar-refractivity contribution in [3.05, 3.63) is 51.3 Å². The second kappa shape index (κ2) is 4.43. The fraction of sp³-hybridized carbons (Fsp3) is 0. The number of hydrogen-bond acceptors (Lipinski definition) is 4. The lowest BCUT2D eigenvalue weighted by Crippen LogP contribution is -2.30. The van der Waals surface area contributed by atoms with E-state index in [9.17, 15) is 4.79 Å².